The first-order valence-electron chi connectivity index (χ1n) is 11.1. The van der Waals surface area contributed by atoms with E-state index in [0.717, 1.165) is 36.1 Å². The maximum absolute atomic E-state index is 10.0. The molecule has 0 spiro atoms. The average Bonchev–Trinajstić information content (AvgIpc) is 3.37. The van der Waals surface area contributed by atoms with Gasteiger partial charge in [-0.15, -0.1) is 0 Å². The summed E-state index contributed by atoms with van der Waals surface area (Å²) in [6.07, 6.45) is 7.33. The van der Waals surface area contributed by atoms with Crippen molar-refractivity contribution in [1.29, 1.82) is 0 Å². The summed E-state index contributed by atoms with van der Waals surface area (Å²) in [4.78, 5) is 4.61. The van der Waals surface area contributed by atoms with Gasteiger partial charge in [-0.1, -0.05) is 55.6 Å². The second kappa shape index (κ2) is 10.0. The second-order valence-corrected chi connectivity index (χ2v) is 8.42. The fourth-order valence-electron chi connectivity index (χ4n) is 4.15. The van der Waals surface area contributed by atoms with Crippen LogP contribution in [0.25, 0.3) is 0 Å². The van der Waals surface area contributed by atoms with E-state index in [4.69, 9.17) is 22.1 Å². The molecular weight excluding hydrogens is 434 g/mol. The largest absolute Gasteiger partial charge is 0.504 e. The van der Waals surface area contributed by atoms with Crippen molar-refractivity contribution in [2.75, 3.05) is 12.3 Å². The van der Waals surface area contributed by atoms with Gasteiger partial charge in [0, 0.05) is 17.4 Å². The minimum atomic E-state index is -0.837. The molecule has 3 N–H and O–H groups in total. The molecule has 4 aromatic rings. The summed E-state index contributed by atoms with van der Waals surface area (Å²) >= 11 is 6.22. The van der Waals surface area contributed by atoms with Crippen LogP contribution >= 0.6 is 11.6 Å². The summed E-state index contributed by atoms with van der Waals surface area (Å²) in [7, 11) is 0. The summed E-state index contributed by atoms with van der Waals surface area (Å²) < 4.78 is 8.02. The van der Waals surface area contributed by atoms with E-state index in [1.807, 2.05) is 60.9 Å². The minimum absolute atomic E-state index is 0.0490. The Morgan fingerprint density at radius 2 is 1.58 bits per heavy atom. The number of unbranched alkanes of at least 4 members (excludes halogenated alkanes) is 2. The SMILES string of the molecule is CCCCCOc1ccc(C(c2ccc(Cl)cc2)(c2ccc(O)c(N)n2)n2cccc2)cc1. The lowest BCUT2D eigenvalue weighted by Crippen LogP contribution is -2.38. The number of nitrogens with zero attached hydrogens (tertiary/aromatic N) is 2. The molecule has 2 heterocycles. The van der Waals surface area contributed by atoms with Gasteiger partial charge in [-0.2, -0.15) is 0 Å². The number of hydrogen-bond acceptors (Lipinski definition) is 4. The highest BCUT2D eigenvalue weighted by atomic mass is 35.5. The monoisotopic (exact) mass is 461 g/mol. The van der Waals surface area contributed by atoms with Gasteiger partial charge in [0.2, 0.25) is 0 Å². The van der Waals surface area contributed by atoms with E-state index in [-0.39, 0.29) is 11.6 Å². The molecule has 0 aliphatic heterocycles. The highest BCUT2D eigenvalue weighted by molar-refractivity contribution is 6.30. The average molecular weight is 462 g/mol. The lowest BCUT2D eigenvalue weighted by Gasteiger charge is -2.37. The van der Waals surface area contributed by atoms with Gasteiger partial charge in [0.15, 0.2) is 11.6 Å². The van der Waals surface area contributed by atoms with Gasteiger partial charge in [0.1, 0.15) is 11.3 Å². The van der Waals surface area contributed by atoms with Crippen LogP contribution in [0.4, 0.5) is 5.82 Å². The van der Waals surface area contributed by atoms with Crippen molar-refractivity contribution in [2.45, 2.75) is 31.7 Å². The molecule has 6 heteroatoms. The quantitative estimate of drug-likeness (QED) is 0.289. The summed E-state index contributed by atoms with van der Waals surface area (Å²) in [5.41, 5.74) is 7.81. The van der Waals surface area contributed by atoms with Crippen molar-refractivity contribution >= 4 is 17.4 Å². The number of pyridine rings is 1. The lowest BCUT2D eigenvalue weighted by molar-refractivity contribution is 0.306. The summed E-state index contributed by atoms with van der Waals surface area (Å²) in [6.45, 7) is 2.87. The van der Waals surface area contributed by atoms with E-state index in [9.17, 15) is 5.11 Å². The zero-order valence-electron chi connectivity index (χ0n) is 18.6. The highest BCUT2D eigenvalue weighted by Crippen LogP contribution is 2.42. The molecule has 1 atom stereocenters. The van der Waals surface area contributed by atoms with E-state index < -0.39 is 5.54 Å². The predicted molar refractivity (Wildman–Crippen MR) is 133 cm³/mol. The Morgan fingerprint density at radius 3 is 2.18 bits per heavy atom. The Bertz CT molecular complexity index is 1180. The van der Waals surface area contributed by atoms with E-state index >= 15 is 0 Å². The number of halogens is 1. The van der Waals surface area contributed by atoms with Crippen LogP contribution in [0.15, 0.2) is 85.2 Å². The van der Waals surface area contributed by atoms with E-state index in [1.54, 1.807) is 12.1 Å². The van der Waals surface area contributed by atoms with E-state index in [2.05, 4.69) is 28.6 Å². The summed E-state index contributed by atoms with van der Waals surface area (Å²) in [5, 5.41) is 10.7. The fraction of sp³-hybridized carbons (Fsp3) is 0.222. The first-order chi connectivity index (χ1) is 16.1. The molecule has 170 valence electrons. The molecule has 0 saturated carbocycles. The normalized spacial score (nSPS) is 12.9. The summed E-state index contributed by atoms with van der Waals surface area (Å²) in [6, 6.07) is 23.1. The van der Waals surface area contributed by atoms with Crippen LogP contribution in [0.3, 0.4) is 0 Å². The Kier molecular flexibility index (Phi) is 6.90. The number of ether oxygens (including phenoxy) is 1. The molecule has 0 radical (unpaired) electrons. The van der Waals surface area contributed by atoms with Crippen LogP contribution in [0.1, 0.15) is 43.0 Å². The molecule has 0 aliphatic carbocycles. The van der Waals surface area contributed by atoms with Crippen LogP contribution in [0, 0.1) is 0 Å². The van der Waals surface area contributed by atoms with Crippen LogP contribution in [-0.4, -0.2) is 21.3 Å². The third kappa shape index (κ3) is 4.55. The van der Waals surface area contributed by atoms with Crippen molar-refractivity contribution in [3.05, 3.63) is 107 Å². The maximum atomic E-state index is 10.0. The number of hydrogen-bond donors (Lipinski definition) is 2. The van der Waals surface area contributed by atoms with Gasteiger partial charge in [0.05, 0.1) is 12.3 Å². The number of benzene rings is 2. The lowest BCUT2D eigenvalue weighted by atomic mass is 9.79. The van der Waals surface area contributed by atoms with Crippen molar-refractivity contribution in [3.8, 4) is 11.5 Å². The zero-order valence-corrected chi connectivity index (χ0v) is 19.4. The molecule has 0 bridgehead atoms. The number of nitrogen functional groups attached to an aromatic ring is 1. The Labute approximate surface area is 199 Å². The van der Waals surface area contributed by atoms with Gasteiger partial charge >= 0.3 is 0 Å². The third-order valence-electron chi connectivity index (χ3n) is 5.82. The Balaban J connectivity index is 1.88. The molecule has 0 amide bonds. The third-order valence-corrected chi connectivity index (χ3v) is 6.07. The van der Waals surface area contributed by atoms with Crippen LogP contribution in [-0.2, 0) is 5.54 Å². The van der Waals surface area contributed by atoms with Crippen molar-refractivity contribution < 1.29 is 9.84 Å². The Morgan fingerprint density at radius 1 is 0.939 bits per heavy atom. The van der Waals surface area contributed by atoms with Gasteiger partial charge in [0.25, 0.3) is 0 Å². The van der Waals surface area contributed by atoms with E-state index in [1.165, 1.54) is 0 Å². The van der Waals surface area contributed by atoms with Gasteiger partial charge < -0.3 is 20.1 Å². The van der Waals surface area contributed by atoms with Crippen LogP contribution < -0.4 is 10.5 Å². The van der Waals surface area contributed by atoms with Crippen molar-refractivity contribution in [3.63, 3.8) is 0 Å². The molecule has 2 aromatic carbocycles. The first kappa shape index (κ1) is 22.7. The number of rotatable bonds is 9. The Hall–Kier alpha value is -3.44. The molecule has 1 unspecified atom stereocenters. The van der Waals surface area contributed by atoms with Crippen LogP contribution in [0.5, 0.6) is 11.5 Å². The second-order valence-electron chi connectivity index (χ2n) is 7.99. The number of aromatic hydroxyl groups is 1. The smallest absolute Gasteiger partial charge is 0.166 e. The van der Waals surface area contributed by atoms with Gasteiger partial charge in [-0.05, 0) is 66.1 Å². The van der Waals surface area contributed by atoms with Crippen molar-refractivity contribution in [1.82, 2.24) is 9.55 Å². The van der Waals surface area contributed by atoms with Crippen molar-refractivity contribution in [2.24, 2.45) is 0 Å². The molecule has 33 heavy (non-hydrogen) atoms. The molecule has 4 rings (SSSR count). The molecule has 0 fully saturated rings. The standard InChI is InChI=1S/C27H28ClN3O2/c1-2-3-6-19-33-23-13-9-21(10-14-23)27(31-17-4-5-18-31,20-7-11-22(28)12-8-20)25-16-15-24(32)26(29)30-25/h4-5,7-18,32H,2-3,6,19H2,1H3,(H2,29,30). The predicted octanol–water partition coefficient (Wildman–Crippen LogP) is 6.23. The summed E-state index contributed by atoms with van der Waals surface area (Å²) in [5.74, 6) is 0.853. The number of anilines is 1. The fourth-order valence-corrected chi connectivity index (χ4v) is 4.27. The molecule has 2 aromatic heterocycles. The first-order valence-corrected chi connectivity index (χ1v) is 11.5. The van der Waals surface area contributed by atoms with Gasteiger partial charge in [-0.3, -0.25) is 0 Å². The maximum Gasteiger partial charge on any atom is 0.166 e. The molecule has 5 nitrogen and oxygen atoms in total. The highest BCUT2D eigenvalue weighted by Gasteiger charge is 2.39. The van der Waals surface area contributed by atoms with Gasteiger partial charge in [-0.25, -0.2) is 4.98 Å². The number of aromatic nitrogens is 2. The topological polar surface area (TPSA) is 73.3 Å². The molecular formula is C27H28ClN3O2. The number of nitrogens with two attached hydrogens (primary N) is 1. The van der Waals surface area contributed by atoms with E-state index in [0.29, 0.717) is 17.3 Å². The van der Waals surface area contributed by atoms with Crippen LogP contribution in [0.2, 0.25) is 5.02 Å². The minimum Gasteiger partial charge on any atom is -0.504 e. The molecule has 0 saturated heterocycles. The zero-order chi connectivity index (χ0) is 23.3. The molecule has 0 aliphatic rings.